The Kier molecular flexibility index (Phi) is 3.46. The highest BCUT2D eigenvalue weighted by molar-refractivity contribution is 7.92. The number of benzene rings is 1. The third-order valence-electron chi connectivity index (χ3n) is 3.59. The van der Waals surface area contributed by atoms with E-state index in [1.54, 1.807) is 6.92 Å². The Hall–Kier alpha value is -1.86. The van der Waals surface area contributed by atoms with Crippen LogP contribution in [-0.4, -0.2) is 31.0 Å². The maximum absolute atomic E-state index is 12.9. The van der Waals surface area contributed by atoms with E-state index in [9.17, 15) is 8.42 Å². The Balaban J connectivity index is 2.11. The number of H-pyrrole nitrogens is 1. The third kappa shape index (κ3) is 2.54. The van der Waals surface area contributed by atoms with E-state index >= 15 is 0 Å². The highest BCUT2D eigenvalue weighted by Gasteiger charge is 2.31. The number of rotatable bonds is 2. The molecule has 0 fully saturated rings. The van der Waals surface area contributed by atoms with E-state index in [1.165, 1.54) is 10.5 Å². The van der Waals surface area contributed by atoms with Crippen molar-refractivity contribution in [2.24, 2.45) is 0 Å². The van der Waals surface area contributed by atoms with Crippen LogP contribution in [0.3, 0.4) is 0 Å². The Morgan fingerprint density at radius 2 is 2.10 bits per heavy atom. The predicted molar refractivity (Wildman–Crippen MR) is 80.6 cm³/mol. The summed E-state index contributed by atoms with van der Waals surface area (Å²) < 4.78 is 27.2. The first-order valence-electron chi connectivity index (χ1n) is 6.84. The molecule has 2 heterocycles. The fourth-order valence-electron chi connectivity index (χ4n) is 2.48. The first kappa shape index (κ1) is 14.1. The number of aromatic amines is 1. The van der Waals surface area contributed by atoms with E-state index in [0.717, 1.165) is 11.3 Å². The number of hydrogen-bond donors (Lipinski definition) is 2. The number of aryl methyl sites for hydroxylation is 1. The number of hydrogen-bond acceptors (Lipinski definition) is 4. The van der Waals surface area contributed by atoms with Crippen LogP contribution in [0, 0.1) is 6.92 Å². The number of fused-ring (bicyclic) bond motifs is 1. The molecule has 0 radical (unpaired) electrons. The molecule has 1 aliphatic heterocycles. The molecular formula is C14H18N4O2S. The molecule has 1 unspecified atom stereocenters. The van der Waals surface area contributed by atoms with Crippen LogP contribution in [0.15, 0.2) is 35.5 Å². The van der Waals surface area contributed by atoms with Crippen molar-refractivity contribution in [1.82, 2.24) is 15.3 Å². The van der Waals surface area contributed by atoms with Crippen molar-refractivity contribution in [3.8, 4) is 0 Å². The van der Waals surface area contributed by atoms with Gasteiger partial charge in [-0.05, 0) is 25.5 Å². The van der Waals surface area contributed by atoms with E-state index in [0.29, 0.717) is 18.9 Å². The summed E-state index contributed by atoms with van der Waals surface area (Å²) in [6, 6.07) is 7.63. The molecule has 0 amide bonds. The van der Waals surface area contributed by atoms with Crippen molar-refractivity contribution in [1.29, 1.82) is 0 Å². The molecular weight excluding hydrogens is 288 g/mol. The van der Waals surface area contributed by atoms with E-state index < -0.39 is 10.0 Å². The molecule has 1 aromatic heterocycles. The highest BCUT2D eigenvalue weighted by Crippen LogP contribution is 2.28. The second-order valence-electron chi connectivity index (χ2n) is 5.28. The third-order valence-corrected chi connectivity index (χ3v) is 5.28. The summed E-state index contributed by atoms with van der Waals surface area (Å²) in [5.41, 5.74) is 1.70. The standard InChI is InChI=1S/C14H18N4O2S/c1-10-9-18(13-6-4-3-5-12(13)7-15-10)21(19,20)14-8-16-11(2)17-14/h3-6,8,10,15H,7,9H2,1-2H3,(H,16,17). The van der Waals surface area contributed by atoms with Crippen LogP contribution < -0.4 is 9.62 Å². The second kappa shape index (κ2) is 5.16. The van der Waals surface area contributed by atoms with Gasteiger partial charge in [-0.2, -0.15) is 8.42 Å². The number of nitrogens with one attached hydrogen (secondary N) is 2. The monoisotopic (exact) mass is 306 g/mol. The van der Waals surface area contributed by atoms with Gasteiger partial charge in [0.15, 0.2) is 5.03 Å². The average Bonchev–Trinajstić information content (AvgIpc) is 2.82. The second-order valence-corrected chi connectivity index (χ2v) is 7.11. The Morgan fingerprint density at radius 3 is 2.81 bits per heavy atom. The summed E-state index contributed by atoms with van der Waals surface area (Å²) in [5.74, 6) is 0.586. The van der Waals surface area contributed by atoms with Gasteiger partial charge in [0.05, 0.1) is 11.9 Å². The molecule has 112 valence electrons. The average molecular weight is 306 g/mol. The summed E-state index contributed by atoms with van der Waals surface area (Å²) in [7, 11) is -3.64. The zero-order valence-corrected chi connectivity index (χ0v) is 12.8. The number of imidazole rings is 1. The van der Waals surface area contributed by atoms with Gasteiger partial charge in [-0.15, -0.1) is 0 Å². The maximum atomic E-state index is 12.9. The van der Waals surface area contributed by atoms with Gasteiger partial charge in [-0.25, -0.2) is 4.98 Å². The minimum atomic E-state index is -3.64. The number of sulfonamides is 1. The Morgan fingerprint density at radius 1 is 1.33 bits per heavy atom. The minimum Gasteiger partial charge on any atom is -0.332 e. The molecule has 0 spiro atoms. The fraction of sp³-hybridized carbons (Fsp3) is 0.357. The Bertz CT molecular complexity index is 754. The topological polar surface area (TPSA) is 78.1 Å². The van der Waals surface area contributed by atoms with Gasteiger partial charge in [0.25, 0.3) is 10.0 Å². The molecule has 2 N–H and O–H groups in total. The molecule has 21 heavy (non-hydrogen) atoms. The summed E-state index contributed by atoms with van der Waals surface area (Å²) in [6.07, 6.45) is 1.37. The van der Waals surface area contributed by atoms with Gasteiger partial charge < -0.3 is 10.3 Å². The lowest BCUT2D eigenvalue weighted by Crippen LogP contribution is -2.39. The zero-order valence-electron chi connectivity index (χ0n) is 12.0. The van der Waals surface area contributed by atoms with E-state index in [1.807, 2.05) is 31.2 Å². The smallest absolute Gasteiger partial charge is 0.281 e. The number of anilines is 1. The van der Waals surface area contributed by atoms with Gasteiger partial charge in [0, 0.05) is 19.1 Å². The molecule has 2 aromatic rings. The lowest BCUT2D eigenvalue weighted by atomic mass is 10.2. The summed E-state index contributed by atoms with van der Waals surface area (Å²) >= 11 is 0. The fourth-order valence-corrected chi connectivity index (χ4v) is 4.03. The lowest BCUT2D eigenvalue weighted by molar-refractivity contribution is 0.554. The first-order valence-corrected chi connectivity index (χ1v) is 8.28. The first-order chi connectivity index (χ1) is 9.98. The van der Waals surface area contributed by atoms with Gasteiger partial charge in [-0.1, -0.05) is 18.2 Å². The van der Waals surface area contributed by atoms with Gasteiger partial charge in [0.1, 0.15) is 5.82 Å². The molecule has 0 bridgehead atoms. The number of nitrogens with zero attached hydrogens (tertiary/aromatic N) is 2. The van der Waals surface area contributed by atoms with E-state index in [-0.39, 0.29) is 11.1 Å². The highest BCUT2D eigenvalue weighted by atomic mass is 32.2. The molecule has 3 rings (SSSR count). The summed E-state index contributed by atoms with van der Waals surface area (Å²) in [4.78, 5) is 6.82. The summed E-state index contributed by atoms with van der Waals surface area (Å²) in [6.45, 7) is 4.76. The van der Waals surface area contributed by atoms with Crippen molar-refractivity contribution in [3.05, 3.63) is 41.9 Å². The quantitative estimate of drug-likeness (QED) is 0.879. The van der Waals surface area contributed by atoms with Gasteiger partial charge in [-0.3, -0.25) is 4.31 Å². The van der Waals surface area contributed by atoms with Crippen LogP contribution >= 0.6 is 0 Å². The molecule has 1 aliphatic rings. The summed E-state index contributed by atoms with van der Waals surface area (Å²) in [5, 5.41) is 3.46. The molecule has 6 nitrogen and oxygen atoms in total. The largest absolute Gasteiger partial charge is 0.332 e. The van der Waals surface area contributed by atoms with Gasteiger partial charge >= 0.3 is 0 Å². The van der Waals surface area contributed by atoms with Crippen LogP contribution in [0.5, 0.6) is 0 Å². The van der Waals surface area contributed by atoms with Crippen LogP contribution in [0.2, 0.25) is 0 Å². The zero-order chi connectivity index (χ0) is 15.0. The predicted octanol–water partition coefficient (Wildman–Crippen LogP) is 1.41. The minimum absolute atomic E-state index is 0.0659. The van der Waals surface area contributed by atoms with Crippen molar-refractivity contribution < 1.29 is 8.42 Å². The molecule has 1 aromatic carbocycles. The van der Waals surface area contributed by atoms with E-state index in [4.69, 9.17) is 0 Å². The number of para-hydroxylation sites is 1. The molecule has 1 atom stereocenters. The van der Waals surface area contributed by atoms with Crippen LogP contribution in [-0.2, 0) is 16.6 Å². The van der Waals surface area contributed by atoms with Crippen LogP contribution in [0.1, 0.15) is 18.3 Å². The van der Waals surface area contributed by atoms with E-state index in [2.05, 4.69) is 15.3 Å². The molecule has 0 saturated heterocycles. The van der Waals surface area contributed by atoms with Crippen molar-refractivity contribution in [2.75, 3.05) is 10.8 Å². The molecule has 7 heteroatoms. The van der Waals surface area contributed by atoms with Crippen molar-refractivity contribution in [2.45, 2.75) is 31.5 Å². The van der Waals surface area contributed by atoms with Crippen molar-refractivity contribution in [3.63, 3.8) is 0 Å². The maximum Gasteiger partial charge on any atom is 0.281 e. The normalized spacial score (nSPS) is 19.1. The lowest BCUT2D eigenvalue weighted by Gasteiger charge is -2.25. The SMILES string of the molecule is Cc1ncc(S(=O)(=O)N2CC(C)NCc3ccccc32)[nH]1. The van der Waals surface area contributed by atoms with Crippen LogP contribution in [0.4, 0.5) is 5.69 Å². The van der Waals surface area contributed by atoms with Crippen molar-refractivity contribution >= 4 is 15.7 Å². The molecule has 0 saturated carbocycles. The molecule has 0 aliphatic carbocycles. The Labute approximate surface area is 124 Å². The van der Waals surface area contributed by atoms with Crippen LogP contribution in [0.25, 0.3) is 0 Å². The number of aromatic nitrogens is 2. The van der Waals surface area contributed by atoms with Gasteiger partial charge in [0.2, 0.25) is 0 Å².